The highest BCUT2D eigenvalue weighted by molar-refractivity contribution is 7.89. The third kappa shape index (κ3) is 4.28. The van der Waals surface area contributed by atoms with Crippen molar-refractivity contribution in [1.82, 2.24) is 9.71 Å². The highest BCUT2D eigenvalue weighted by Crippen LogP contribution is 2.16. The molecule has 0 radical (unpaired) electrons. The van der Waals surface area contributed by atoms with E-state index in [1.54, 1.807) is 37.4 Å². The lowest BCUT2D eigenvalue weighted by Gasteiger charge is -2.11. The Morgan fingerprint density at radius 2 is 2.00 bits per heavy atom. The number of hydrogen-bond donors (Lipinski definition) is 2. The first kappa shape index (κ1) is 16.9. The van der Waals surface area contributed by atoms with E-state index in [0.717, 1.165) is 5.56 Å². The second kappa shape index (κ2) is 7.22. The Hall–Kier alpha value is -2.43. The molecule has 0 aliphatic carbocycles. The van der Waals surface area contributed by atoms with Crippen LogP contribution >= 0.6 is 0 Å². The van der Waals surface area contributed by atoms with Crippen molar-refractivity contribution < 1.29 is 8.42 Å². The van der Waals surface area contributed by atoms with Gasteiger partial charge in [0.2, 0.25) is 10.0 Å². The first-order chi connectivity index (χ1) is 10.9. The van der Waals surface area contributed by atoms with Crippen LogP contribution in [0.15, 0.2) is 41.4 Å². The van der Waals surface area contributed by atoms with E-state index in [1.807, 2.05) is 19.1 Å². The molecule has 1 aromatic heterocycles. The topological polar surface area (TPSA) is 94.9 Å². The van der Waals surface area contributed by atoms with Gasteiger partial charge < -0.3 is 5.32 Å². The summed E-state index contributed by atoms with van der Waals surface area (Å²) in [5, 5.41) is 11.9. The summed E-state index contributed by atoms with van der Waals surface area (Å²) in [7, 11) is -3.56. The Labute approximate surface area is 136 Å². The van der Waals surface area contributed by atoms with Crippen molar-refractivity contribution in [2.45, 2.75) is 18.7 Å². The molecule has 0 unspecified atom stereocenters. The normalized spacial score (nSPS) is 11.0. The van der Waals surface area contributed by atoms with E-state index < -0.39 is 10.0 Å². The first-order valence-corrected chi connectivity index (χ1v) is 8.58. The van der Waals surface area contributed by atoms with Crippen molar-refractivity contribution in [2.75, 3.05) is 18.4 Å². The molecule has 0 aliphatic rings. The zero-order valence-electron chi connectivity index (χ0n) is 13.0. The number of rotatable bonds is 6. The number of aromatic nitrogens is 1. The number of aryl methyl sites for hydroxylation is 2. The van der Waals surface area contributed by atoms with Gasteiger partial charge in [-0.05, 0) is 43.2 Å². The third-order valence-corrected chi connectivity index (χ3v) is 4.87. The lowest BCUT2D eigenvalue weighted by molar-refractivity contribution is 0.582. The fraction of sp³-hybridized carbons (Fsp3) is 0.250. The molecule has 0 saturated carbocycles. The van der Waals surface area contributed by atoms with Gasteiger partial charge in [-0.15, -0.1) is 0 Å². The summed E-state index contributed by atoms with van der Waals surface area (Å²) in [4.78, 5) is 4.34. The second-order valence-corrected chi connectivity index (χ2v) is 6.84. The molecule has 120 valence electrons. The van der Waals surface area contributed by atoms with Gasteiger partial charge in [-0.2, -0.15) is 5.26 Å². The molecular formula is C16H18N4O2S. The SMILES string of the molecule is Cc1ccc(C)c(S(=O)(=O)NCCNc2ncccc2C#N)c1. The molecule has 2 rings (SSSR count). The lowest BCUT2D eigenvalue weighted by atomic mass is 10.2. The maximum Gasteiger partial charge on any atom is 0.240 e. The average molecular weight is 330 g/mol. The minimum Gasteiger partial charge on any atom is -0.368 e. The summed E-state index contributed by atoms with van der Waals surface area (Å²) in [6.45, 7) is 4.14. The van der Waals surface area contributed by atoms with E-state index >= 15 is 0 Å². The molecule has 0 amide bonds. The fourth-order valence-corrected chi connectivity index (χ4v) is 3.44. The zero-order valence-corrected chi connectivity index (χ0v) is 13.8. The van der Waals surface area contributed by atoms with Crippen LogP contribution in [0.25, 0.3) is 0 Å². The summed E-state index contributed by atoms with van der Waals surface area (Å²) in [6, 6.07) is 10.7. The van der Waals surface area contributed by atoms with E-state index in [4.69, 9.17) is 5.26 Å². The van der Waals surface area contributed by atoms with E-state index in [2.05, 4.69) is 15.0 Å². The molecule has 0 spiro atoms. The number of benzene rings is 1. The van der Waals surface area contributed by atoms with Crippen LogP contribution in [0.3, 0.4) is 0 Å². The molecule has 23 heavy (non-hydrogen) atoms. The molecule has 0 fully saturated rings. The van der Waals surface area contributed by atoms with Gasteiger partial charge in [0.25, 0.3) is 0 Å². The Bertz CT molecular complexity index is 841. The van der Waals surface area contributed by atoms with Crippen LogP contribution in [0.5, 0.6) is 0 Å². The van der Waals surface area contributed by atoms with Crippen molar-refractivity contribution in [1.29, 1.82) is 5.26 Å². The van der Waals surface area contributed by atoms with E-state index in [9.17, 15) is 8.42 Å². The largest absolute Gasteiger partial charge is 0.368 e. The molecule has 2 aromatic rings. The number of anilines is 1. The Morgan fingerprint density at radius 1 is 1.22 bits per heavy atom. The predicted octanol–water partition coefficient (Wildman–Crippen LogP) is 1.96. The van der Waals surface area contributed by atoms with E-state index in [-0.39, 0.29) is 11.4 Å². The molecule has 0 bridgehead atoms. The highest BCUT2D eigenvalue weighted by Gasteiger charge is 2.16. The van der Waals surface area contributed by atoms with Crippen LogP contribution in [0.4, 0.5) is 5.82 Å². The quantitative estimate of drug-likeness (QED) is 0.790. The monoisotopic (exact) mass is 330 g/mol. The van der Waals surface area contributed by atoms with E-state index in [0.29, 0.717) is 23.5 Å². The number of nitrogens with zero attached hydrogens (tertiary/aromatic N) is 2. The number of hydrogen-bond acceptors (Lipinski definition) is 5. The third-order valence-electron chi connectivity index (χ3n) is 3.27. The van der Waals surface area contributed by atoms with Crippen molar-refractivity contribution in [2.24, 2.45) is 0 Å². The molecular weight excluding hydrogens is 312 g/mol. The van der Waals surface area contributed by atoms with Gasteiger partial charge in [-0.3, -0.25) is 0 Å². The summed E-state index contributed by atoms with van der Waals surface area (Å²) < 4.78 is 27.2. The van der Waals surface area contributed by atoms with Gasteiger partial charge in [0.05, 0.1) is 10.5 Å². The molecule has 0 saturated heterocycles. The summed E-state index contributed by atoms with van der Waals surface area (Å²) in [5.74, 6) is 0.445. The van der Waals surface area contributed by atoms with Crippen LogP contribution in [-0.2, 0) is 10.0 Å². The fourth-order valence-electron chi connectivity index (χ4n) is 2.08. The zero-order chi connectivity index (χ0) is 16.9. The van der Waals surface area contributed by atoms with Gasteiger partial charge in [0, 0.05) is 19.3 Å². The van der Waals surface area contributed by atoms with Crippen LogP contribution < -0.4 is 10.0 Å². The van der Waals surface area contributed by atoms with Crippen LogP contribution in [0.2, 0.25) is 0 Å². The molecule has 0 aliphatic heterocycles. The lowest BCUT2D eigenvalue weighted by Crippen LogP contribution is -2.29. The van der Waals surface area contributed by atoms with Gasteiger partial charge in [-0.1, -0.05) is 12.1 Å². The van der Waals surface area contributed by atoms with Crippen LogP contribution in [0.1, 0.15) is 16.7 Å². The minimum absolute atomic E-state index is 0.192. The molecule has 2 N–H and O–H groups in total. The molecule has 6 nitrogen and oxygen atoms in total. The summed E-state index contributed by atoms with van der Waals surface area (Å²) in [6.07, 6.45) is 1.57. The van der Waals surface area contributed by atoms with Gasteiger partial charge in [0.15, 0.2) is 0 Å². The smallest absolute Gasteiger partial charge is 0.240 e. The molecule has 1 aromatic carbocycles. The highest BCUT2D eigenvalue weighted by atomic mass is 32.2. The van der Waals surface area contributed by atoms with Gasteiger partial charge in [-0.25, -0.2) is 18.1 Å². The van der Waals surface area contributed by atoms with Crippen LogP contribution in [0, 0.1) is 25.2 Å². The minimum atomic E-state index is -3.56. The van der Waals surface area contributed by atoms with Crippen molar-refractivity contribution >= 4 is 15.8 Å². The first-order valence-electron chi connectivity index (χ1n) is 7.10. The second-order valence-electron chi connectivity index (χ2n) is 5.10. The van der Waals surface area contributed by atoms with Crippen molar-refractivity contribution in [3.05, 3.63) is 53.2 Å². The van der Waals surface area contributed by atoms with Gasteiger partial charge >= 0.3 is 0 Å². The summed E-state index contributed by atoms with van der Waals surface area (Å²) >= 11 is 0. The standard InChI is InChI=1S/C16H18N4O2S/c1-12-5-6-13(2)15(10-12)23(21,22)20-9-8-19-16-14(11-17)4-3-7-18-16/h3-7,10,20H,8-9H2,1-2H3,(H,18,19). The Morgan fingerprint density at radius 3 is 2.74 bits per heavy atom. The summed E-state index contributed by atoms with van der Waals surface area (Å²) in [5.41, 5.74) is 2.01. The maximum atomic E-state index is 12.3. The number of sulfonamides is 1. The Balaban J connectivity index is 1.98. The predicted molar refractivity (Wildman–Crippen MR) is 88.5 cm³/mol. The number of nitrogens with one attached hydrogen (secondary N) is 2. The molecule has 1 heterocycles. The van der Waals surface area contributed by atoms with Crippen molar-refractivity contribution in [3.63, 3.8) is 0 Å². The average Bonchev–Trinajstić information content (AvgIpc) is 2.54. The van der Waals surface area contributed by atoms with E-state index in [1.165, 1.54) is 0 Å². The molecule has 7 heteroatoms. The number of nitriles is 1. The van der Waals surface area contributed by atoms with Crippen molar-refractivity contribution in [3.8, 4) is 6.07 Å². The molecule has 0 atom stereocenters. The van der Waals surface area contributed by atoms with Gasteiger partial charge in [0.1, 0.15) is 11.9 Å². The number of pyridine rings is 1. The maximum absolute atomic E-state index is 12.3. The van der Waals surface area contributed by atoms with Crippen LogP contribution in [-0.4, -0.2) is 26.5 Å². The Kier molecular flexibility index (Phi) is 5.32.